The number of likely N-dealkylation sites (N-methyl/N-ethyl adjacent to an activating group) is 1. The van der Waals surface area contributed by atoms with Crippen LogP contribution in [0, 0.1) is 0 Å². The van der Waals surface area contributed by atoms with E-state index < -0.39 is 24.0 Å². The van der Waals surface area contributed by atoms with Crippen LogP contribution in [0.4, 0.5) is 10.6 Å². The Hall–Kier alpha value is -4.96. The fourth-order valence-electron chi connectivity index (χ4n) is 5.19. The number of aryl methyl sites for hydroxylation is 1. The summed E-state index contributed by atoms with van der Waals surface area (Å²) in [5, 5.41) is 18.7. The van der Waals surface area contributed by atoms with Crippen molar-refractivity contribution < 1.29 is 24.2 Å². The lowest BCUT2D eigenvalue weighted by molar-refractivity contribution is -0.118. The van der Waals surface area contributed by atoms with Gasteiger partial charge in [-0.3, -0.25) is 14.4 Å². The van der Waals surface area contributed by atoms with Crippen molar-refractivity contribution in [3.05, 3.63) is 107 Å². The van der Waals surface area contributed by atoms with Gasteiger partial charge in [0.25, 0.3) is 0 Å². The standard InChI is InChI=1S/C31H31N5O5/c1-35(17-20-10-4-3-5-11-20)18-27(29(37)34-28-25(30(38)39)16-32-36(28)2)33-31(40)41-19-26-23-14-8-6-12-21(23)22-13-7-9-15-24(22)26/h3-16,26-27H,17-19H2,1-2H3,(H,33,40)(H,34,37)(H,38,39). The summed E-state index contributed by atoms with van der Waals surface area (Å²) >= 11 is 0. The molecule has 3 aromatic carbocycles. The highest BCUT2D eigenvalue weighted by Gasteiger charge is 2.30. The molecule has 0 bridgehead atoms. The summed E-state index contributed by atoms with van der Waals surface area (Å²) in [5.74, 6) is -1.93. The molecule has 2 amide bonds. The van der Waals surface area contributed by atoms with Crippen LogP contribution in [0.25, 0.3) is 11.1 Å². The first-order chi connectivity index (χ1) is 19.8. The zero-order chi connectivity index (χ0) is 28.9. The number of carboxylic acid groups (broad SMARTS) is 1. The summed E-state index contributed by atoms with van der Waals surface area (Å²) < 4.78 is 6.94. The molecule has 1 aromatic heterocycles. The van der Waals surface area contributed by atoms with Gasteiger partial charge in [0, 0.05) is 26.1 Å². The van der Waals surface area contributed by atoms with Crippen LogP contribution < -0.4 is 10.6 Å². The van der Waals surface area contributed by atoms with Crippen molar-refractivity contribution >= 4 is 23.8 Å². The van der Waals surface area contributed by atoms with Gasteiger partial charge in [-0.1, -0.05) is 78.9 Å². The minimum Gasteiger partial charge on any atom is -0.477 e. The Morgan fingerprint density at radius 2 is 1.59 bits per heavy atom. The van der Waals surface area contributed by atoms with Crippen LogP contribution in [0.1, 0.15) is 33.0 Å². The predicted molar refractivity (Wildman–Crippen MR) is 154 cm³/mol. The van der Waals surface area contributed by atoms with Crippen LogP contribution in [0.3, 0.4) is 0 Å². The molecule has 10 nitrogen and oxygen atoms in total. The van der Waals surface area contributed by atoms with Gasteiger partial charge in [-0.05, 0) is 34.9 Å². The number of aromatic nitrogens is 2. The van der Waals surface area contributed by atoms with Crippen LogP contribution in [-0.4, -0.2) is 64.0 Å². The Morgan fingerprint density at radius 3 is 2.22 bits per heavy atom. The number of carboxylic acids is 1. The molecule has 0 radical (unpaired) electrons. The maximum absolute atomic E-state index is 13.4. The first kappa shape index (κ1) is 27.6. The molecule has 0 spiro atoms. The number of nitrogens with one attached hydrogen (secondary N) is 2. The van der Waals surface area contributed by atoms with Crippen molar-refractivity contribution in [2.75, 3.05) is 25.5 Å². The molecule has 210 valence electrons. The lowest BCUT2D eigenvalue weighted by Gasteiger charge is -2.25. The normalized spacial score (nSPS) is 12.9. The minimum atomic E-state index is -1.23. The van der Waals surface area contributed by atoms with E-state index in [1.54, 1.807) is 0 Å². The predicted octanol–water partition coefficient (Wildman–Crippen LogP) is 4.10. The van der Waals surface area contributed by atoms with Gasteiger partial charge in [0.1, 0.15) is 24.0 Å². The number of benzene rings is 3. The fraction of sp³-hybridized carbons (Fsp3) is 0.226. The second-order valence-electron chi connectivity index (χ2n) is 10.0. The maximum atomic E-state index is 13.4. The highest BCUT2D eigenvalue weighted by Crippen LogP contribution is 2.44. The SMILES string of the molecule is CN(Cc1ccccc1)CC(NC(=O)OCC1c2ccccc2-c2ccccc21)C(=O)Nc1c(C(=O)O)cnn1C. The van der Waals surface area contributed by atoms with Crippen LogP contribution in [0.15, 0.2) is 85.1 Å². The Labute approximate surface area is 237 Å². The number of anilines is 1. The molecular weight excluding hydrogens is 522 g/mol. The number of ether oxygens (including phenoxy) is 1. The number of alkyl carbamates (subject to hydrolysis) is 1. The highest BCUT2D eigenvalue weighted by atomic mass is 16.5. The molecule has 0 fully saturated rings. The van der Waals surface area contributed by atoms with Gasteiger partial charge >= 0.3 is 12.1 Å². The van der Waals surface area contributed by atoms with Crippen molar-refractivity contribution in [2.24, 2.45) is 7.05 Å². The number of rotatable bonds is 10. The number of hydrogen-bond acceptors (Lipinski definition) is 6. The van der Waals surface area contributed by atoms with Crippen molar-refractivity contribution in [3.63, 3.8) is 0 Å². The van der Waals surface area contributed by atoms with Gasteiger partial charge in [0.15, 0.2) is 0 Å². The third-order valence-electron chi connectivity index (χ3n) is 7.15. The van der Waals surface area contributed by atoms with E-state index in [1.807, 2.05) is 78.7 Å². The van der Waals surface area contributed by atoms with Crippen LogP contribution in [0.2, 0.25) is 0 Å². The van der Waals surface area contributed by atoms with Crippen molar-refractivity contribution in [2.45, 2.75) is 18.5 Å². The summed E-state index contributed by atoms with van der Waals surface area (Å²) in [7, 11) is 3.36. The zero-order valence-electron chi connectivity index (χ0n) is 22.8. The number of carbonyl (C=O) groups excluding carboxylic acids is 2. The number of hydrogen-bond donors (Lipinski definition) is 3. The van der Waals surface area contributed by atoms with Gasteiger partial charge in [0.2, 0.25) is 5.91 Å². The van der Waals surface area contributed by atoms with Crippen LogP contribution in [0.5, 0.6) is 0 Å². The van der Waals surface area contributed by atoms with E-state index in [9.17, 15) is 19.5 Å². The molecule has 1 aliphatic carbocycles. The quantitative estimate of drug-likeness (QED) is 0.270. The second-order valence-corrected chi connectivity index (χ2v) is 10.0. The summed E-state index contributed by atoms with van der Waals surface area (Å²) in [5.41, 5.74) is 5.27. The van der Waals surface area contributed by atoms with E-state index in [4.69, 9.17) is 4.74 Å². The van der Waals surface area contributed by atoms with Gasteiger partial charge in [-0.15, -0.1) is 0 Å². The Bertz CT molecular complexity index is 1520. The second kappa shape index (κ2) is 12.1. The summed E-state index contributed by atoms with van der Waals surface area (Å²) in [6, 6.07) is 24.8. The van der Waals surface area contributed by atoms with E-state index in [1.165, 1.54) is 11.7 Å². The number of aromatic carboxylic acids is 1. The van der Waals surface area contributed by atoms with Gasteiger partial charge in [0.05, 0.1) is 6.20 Å². The number of amides is 2. The lowest BCUT2D eigenvalue weighted by Crippen LogP contribution is -2.50. The first-order valence-electron chi connectivity index (χ1n) is 13.2. The Morgan fingerprint density at radius 1 is 0.976 bits per heavy atom. The zero-order valence-corrected chi connectivity index (χ0v) is 22.8. The maximum Gasteiger partial charge on any atom is 0.407 e. The van der Waals surface area contributed by atoms with Gasteiger partial charge in [-0.25, -0.2) is 9.59 Å². The molecule has 10 heteroatoms. The summed E-state index contributed by atoms with van der Waals surface area (Å²) in [4.78, 5) is 40.0. The van der Waals surface area contributed by atoms with E-state index in [0.29, 0.717) is 6.54 Å². The fourth-order valence-corrected chi connectivity index (χ4v) is 5.19. The molecule has 4 aromatic rings. The molecular formula is C31H31N5O5. The topological polar surface area (TPSA) is 126 Å². The highest BCUT2D eigenvalue weighted by molar-refractivity contribution is 6.02. The van der Waals surface area contributed by atoms with Crippen molar-refractivity contribution in [3.8, 4) is 11.1 Å². The van der Waals surface area contributed by atoms with E-state index in [-0.39, 0.29) is 30.5 Å². The first-order valence-corrected chi connectivity index (χ1v) is 13.2. The third-order valence-corrected chi connectivity index (χ3v) is 7.15. The molecule has 3 N–H and O–H groups in total. The molecule has 1 atom stereocenters. The molecule has 5 rings (SSSR count). The van der Waals surface area contributed by atoms with E-state index in [2.05, 4.69) is 27.9 Å². The van der Waals surface area contributed by atoms with Gasteiger partial charge < -0.3 is 20.5 Å². The number of nitrogens with zero attached hydrogens (tertiary/aromatic N) is 3. The molecule has 1 unspecified atom stereocenters. The average Bonchev–Trinajstić information content (AvgIpc) is 3.49. The largest absolute Gasteiger partial charge is 0.477 e. The summed E-state index contributed by atoms with van der Waals surface area (Å²) in [6.45, 7) is 0.771. The Balaban J connectivity index is 1.30. The molecule has 41 heavy (non-hydrogen) atoms. The third kappa shape index (κ3) is 6.12. The monoisotopic (exact) mass is 553 g/mol. The van der Waals surface area contributed by atoms with Gasteiger partial charge in [-0.2, -0.15) is 5.10 Å². The van der Waals surface area contributed by atoms with E-state index in [0.717, 1.165) is 34.0 Å². The average molecular weight is 554 g/mol. The lowest BCUT2D eigenvalue weighted by atomic mass is 9.98. The minimum absolute atomic E-state index is 0.0209. The number of fused-ring (bicyclic) bond motifs is 3. The molecule has 0 saturated heterocycles. The number of carbonyl (C=O) groups is 3. The van der Waals surface area contributed by atoms with E-state index >= 15 is 0 Å². The molecule has 0 saturated carbocycles. The van der Waals surface area contributed by atoms with Crippen molar-refractivity contribution in [1.29, 1.82) is 0 Å². The molecule has 1 heterocycles. The molecule has 1 aliphatic rings. The smallest absolute Gasteiger partial charge is 0.407 e. The van der Waals surface area contributed by atoms with Crippen molar-refractivity contribution in [1.82, 2.24) is 20.0 Å². The van der Waals surface area contributed by atoms with Crippen LogP contribution in [-0.2, 0) is 23.1 Å². The molecule has 0 aliphatic heterocycles. The Kier molecular flexibility index (Phi) is 8.11. The van der Waals surface area contributed by atoms with Crippen LogP contribution >= 0.6 is 0 Å². The summed E-state index contributed by atoms with van der Waals surface area (Å²) in [6.07, 6.45) is 0.413.